The SMILES string of the molecule is CCCCc1ccc(-n2nnnc2SCCC(=O)Nc2c(Cl)cccc2Cl)cc1. The standard InChI is InChI=1S/C20H21Cl2N5OS/c1-2-3-5-14-8-10-15(11-9-14)27-20(24-25-26-27)29-13-12-18(28)23-19-16(21)6-4-7-17(19)22/h4,6-11H,2-3,5,12-13H2,1H3,(H,23,28). The van der Waals surface area contributed by atoms with E-state index in [0.29, 0.717) is 26.6 Å². The molecule has 0 fully saturated rings. The molecule has 0 atom stereocenters. The molecule has 9 heteroatoms. The number of aromatic nitrogens is 4. The van der Waals surface area contributed by atoms with Crippen LogP contribution in [0.1, 0.15) is 31.7 Å². The quantitative estimate of drug-likeness (QED) is 0.440. The average Bonchev–Trinajstić information content (AvgIpc) is 3.18. The van der Waals surface area contributed by atoms with E-state index in [4.69, 9.17) is 23.2 Å². The smallest absolute Gasteiger partial charge is 0.225 e. The van der Waals surface area contributed by atoms with Gasteiger partial charge in [-0.15, -0.1) is 5.10 Å². The van der Waals surface area contributed by atoms with Crippen LogP contribution in [0, 0.1) is 0 Å². The van der Waals surface area contributed by atoms with Crippen molar-refractivity contribution in [2.24, 2.45) is 0 Å². The Bertz CT molecular complexity index is 942. The highest BCUT2D eigenvalue weighted by Crippen LogP contribution is 2.30. The Kier molecular flexibility index (Phi) is 7.91. The largest absolute Gasteiger partial charge is 0.324 e. The van der Waals surface area contributed by atoms with E-state index in [0.717, 1.165) is 12.1 Å². The molecule has 29 heavy (non-hydrogen) atoms. The number of aryl methyl sites for hydroxylation is 1. The van der Waals surface area contributed by atoms with Crippen LogP contribution < -0.4 is 5.32 Å². The Morgan fingerprint density at radius 1 is 1.14 bits per heavy atom. The maximum atomic E-state index is 12.2. The van der Waals surface area contributed by atoms with Crippen molar-refractivity contribution in [3.8, 4) is 5.69 Å². The number of unbranched alkanes of at least 4 members (excludes halogenated alkanes) is 1. The molecule has 3 rings (SSSR count). The van der Waals surface area contributed by atoms with Crippen molar-refractivity contribution in [1.82, 2.24) is 20.2 Å². The van der Waals surface area contributed by atoms with E-state index in [9.17, 15) is 4.79 Å². The summed E-state index contributed by atoms with van der Waals surface area (Å²) in [5.74, 6) is 0.342. The molecule has 1 amide bonds. The van der Waals surface area contributed by atoms with Gasteiger partial charge < -0.3 is 5.32 Å². The molecule has 0 aliphatic heterocycles. The Morgan fingerprint density at radius 3 is 2.55 bits per heavy atom. The van der Waals surface area contributed by atoms with Gasteiger partial charge in [-0.3, -0.25) is 4.79 Å². The van der Waals surface area contributed by atoms with Crippen LogP contribution in [0.15, 0.2) is 47.6 Å². The summed E-state index contributed by atoms with van der Waals surface area (Å²) in [5.41, 5.74) is 2.62. The molecule has 0 unspecified atom stereocenters. The molecule has 0 spiro atoms. The number of para-hydroxylation sites is 1. The summed E-state index contributed by atoms with van der Waals surface area (Å²) in [6, 6.07) is 13.3. The summed E-state index contributed by atoms with van der Waals surface area (Å²) >= 11 is 13.6. The zero-order valence-electron chi connectivity index (χ0n) is 15.9. The van der Waals surface area contributed by atoms with Crippen molar-refractivity contribution < 1.29 is 4.79 Å². The minimum absolute atomic E-state index is 0.174. The summed E-state index contributed by atoms with van der Waals surface area (Å²) in [5, 5.41) is 16.1. The number of thioether (sulfide) groups is 1. The van der Waals surface area contributed by atoms with Gasteiger partial charge in [-0.05, 0) is 53.1 Å². The van der Waals surface area contributed by atoms with Crippen LogP contribution >= 0.6 is 35.0 Å². The lowest BCUT2D eigenvalue weighted by Crippen LogP contribution is -2.13. The number of tetrazole rings is 1. The van der Waals surface area contributed by atoms with Crippen LogP contribution in [0.5, 0.6) is 0 Å². The Labute approximate surface area is 184 Å². The van der Waals surface area contributed by atoms with E-state index in [-0.39, 0.29) is 12.3 Å². The molecule has 1 aromatic heterocycles. The van der Waals surface area contributed by atoms with E-state index in [1.165, 1.54) is 30.2 Å². The predicted octanol–water partition coefficient (Wildman–Crippen LogP) is 5.43. The van der Waals surface area contributed by atoms with Crippen molar-refractivity contribution in [2.45, 2.75) is 37.8 Å². The molecule has 3 aromatic rings. The number of benzene rings is 2. The number of carbonyl (C=O) groups excluding carboxylic acids is 1. The van der Waals surface area contributed by atoms with E-state index in [1.807, 2.05) is 12.1 Å². The minimum atomic E-state index is -0.174. The van der Waals surface area contributed by atoms with Gasteiger partial charge in [-0.1, -0.05) is 66.5 Å². The summed E-state index contributed by atoms with van der Waals surface area (Å²) in [6.45, 7) is 2.18. The molecule has 0 bridgehead atoms. The van der Waals surface area contributed by atoms with E-state index in [2.05, 4.69) is 39.9 Å². The second-order valence-electron chi connectivity index (χ2n) is 6.39. The summed E-state index contributed by atoms with van der Waals surface area (Å²) < 4.78 is 1.68. The van der Waals surface area contributed by atoms with Crippen molar-refractivity contribution in [3.63, 3.8) is 0 Å². The molecule has 0 aliphatic carbocycles. The van der Waals surface area contributed by atoms with Crippen molar-refractivity contribution in [2.75, 3.05) is 11.1 Å². The van der Waals surface area contributed by atoms with Gasteiger partial charge in [0, 0.05) is 12.2 Å². The fourth-order valence-corrected chi connectivity index (χ4v) is 3.99. The first-order valence-corrected chi connectivity index (χ1v) is 11.1. The zero-order chi connectivity index (χ0) is 20.6. The van der Waals surface area contributed by atoms with Crippen LogP contribution in [0.4, 0.5) is 5.69 Å². The molecule has 152 valence electrons. The van der Waals surface area contributed by atoms with Gasteiger partial charge in [0.1, 0.15) is 0 Å². The Balaban J connectivity index is 1.56. The number of hydrogen-bond acceptors (Lipinski definition) is 5. The third-order valence-corrected chi connectivity index (χ3v) is 5.78. The van der Waals surface area contributed by atoms with Gasteiger partial charge >= 0.3 is 0 Å². The van der Waals surface area contributed by atoms with Crippen LogP contribution in [0.2, 0.25) is 10.0 Å². The monoisotopic (exact) mass is 449 g/mol. The maximum Gasteiger partial charge on any atom is 0.225 e. The molecule has 1 N–H and O–H groups in total. The average molecular weight is 450 g/mol. The lowest BCUT2D eigenvalue weighted by Gasteiger charge is -2.09. The summed E-state index contributed by atoms with van der Waals surface area (Å²) in [6.07, 6.45) is 3.69. The first-order valence-electron chi connectivity index (χ1n) is 9.33. The van der Waals surface area contributed by atoms with Crippen molar-refractivity contribution in [3.05, 3.63) is 58.1 Å². The zero-order valence-corrected chi connectivity index (χ0v) is 18.3. The fraction of sp³-hybridized carbons (Fsp3) is 0.300. The Hall–Kier alpha value is -2.09. The molecule has 0 radical (unpaired) electrons. The van der Waals surface area contributed by atoms with Gasteiger partial charge in [-0.25, -0.2) is 0 Å². The molecular formula is C20H21Cl2N5OS. The van der Waals surface area contributed by atoms with Crippen LogP contribution in [0.3, 0.4) is 0 Å². The number of hydrogen-bond donors (Lipinski definition) is 1. The topological polar surface area (TPSA) is 72.7 Å². The van der Waals surface area contributed by atoms with Crippen molar-refractivity contribution >= 4 is 46.6 Å². The number of nitrogens with one attached hydrogen (secondary N) is 1. The van der Waals surface area contributed by atoms with Gasteiger partial charge in [0.2, 0.25) is 11.1 Å². The highest BCUT2D eigenvalue weighted by molar-refractivity contribution is 7.99. The van der Waals surface area contributed by atoms with Gasteiger partial charge in [0.25, 0.3) is 0 Å². The maximum absolute atomic E-state index is 12.2. The highest BCUT2D eigenvalue weighted by Gasteiger charge is 2.12. The lowest BCUT2D eigenvalue weighted by atomic mass is 10.1. The van der Waals surface area contributed by atoms with Crippen LogP contribution in [0.25, 0.3) is 5.69 Å². The molecule has 1 heterocycles. The van der Waals surface area contributed by atoms with Crippen LogP contribution in [-0.4, -0.2) is 31.9 Å². The lowest BCUT2D eigenvalue weighted by molar-refractivity contribution is -0.115. The van der Waals surface area contributed by atoms with Gasteiger partial charge in [-0.2, -0.15) is 4.68 Å². The molecule has 0 saturated carbocycles. The minimum Gasteiger partial charge on any atom is -0.324 e. The molecule has 2 aromatic carbocycles. The first-order chi connectivity index (χ1) is 14.1. The van der Waals surface area contributed by atoms with Crippen molar-refractivity contribution in [1.29, 1.82) is 0 Å². The molecule has 0 aliphatic rings. The van der Waals surface area contributed by atoms with E-state index < -0.39 is 0 Å². The van der Waals surface area contributed by atoms with Crippen LogP contribution in [-0.2, 0) is 11.2 Å². The molecular weight excluding hydrogens is 429 g/mol. The fourth-order valence-electron chi connectivity index (χ4n) is 2.67. The Morgan fingerprint density at radius 2 is 1.86 bits per heavy atom. The summed E-state index contributed by atoms with van der Waals surface area (Å²) in [7, 11) is 0. The van der Waals surface area contributed by atoms with Gasteiger partial charge in [0.05, 0.1) is 21.4 Å². The normalized spacial score (nSPS) is 10.9. The number of carbonyl (C=O) groups is 1. The number of anilines is 1. The number of halogens is 2. The number of nitrogens with zero attached hydrogens (tertiary/aromatic N) is 4. The second-order valence-corrected chi connectivity index (χ2v) is 8.26. The predicted molar refractivity (Wildman–Crippen MR) is 118 cm³/mol. The number of amides is 1. The summed E-state index contributed by atoms with van der Waals surface area (Å²) in [4.78, 5) is 12.2. The first kappa shape index (κ1) is 21.6. The third-order valence-electron chi connectivity index (χ3n) is 4.23. The highest BCUT2D eigenvalue weighted by atomic mass is 35.5. The third kappa shape index (κ3) is 5.95. The molecule has 6 nitrogen and oxygen atoms in total. The van der Waals surface area contributed by atoms with E-state index in [1.54, 1.807) is 22.9 Å². The molecule has 0 saturated heterocycles. The second kappa shape index (κ2) is 10.6. The number of rotatable bonds is 9. The van der Waals surface area contributed by atoms with E-state index >= 15 is 0 Å². The van der Waals surface area contributed by atoms with Gasteiger partial charge in [0.15, 0.2) is 0 Å².